The smallest absolute Gasteiger partial charge is 0.401 e. The number of rotatable bonds is 2. The van der Waals surface area contributed by atoms with Gasteiger partial charge in [-0.1, -0.05) is 6.92 Å². The first-order valence-electron chi connectivity index (χ1n) is 7.00. The van der Waals surface area contributed by atoms with Crippen LogP contribution < -0.4 is 11.5 Å². The van der Waals surface area contributed by atoms with Gasteiger partial charge in [-0.15, -0.1) is 0 Å². The van der Waals surface area contributed by atoms with E-state index in [9.17, 15) is 22.0 Å². The molecule has 0 aromatic heterocycles. The van der Waals surface area contributed by atoms with E-state index in [1.165, 1.54) is 6.92 Å². The molecule has 8 heteroatoms. The van der Waals surface area contributed by atoms with Gasteiger partial charge in [0.15, 0.2) is 0 Å². The van der Waals surface area contributed by atoms with Gasteiger partial charge in [0.25, 0.3) is 5.92 Å². The summed E-state index contributed by atoms with van der Waals surface area (Å²) in [5.74, 6) is -4.71. The molecule has 0 radical (unpaired) electrons. The summed E-state index contributed by atoms with van der Waals surface area (Å²) in [5, 5.41) is 0. The van der Waals surface area contributed by atoms with Gasteiger partial charge in [0.1, 0.15) is 11.4 Å². The van der Waals surface area contributed by atoms with E-state index in [2.05, 4.69) is 4.99 Å². The summed E-state index contributed by atoms with van der Waals surface area (Å²) in [6.07, 6.45) is -2.75. The van der Waals surface area contributed by atoms with Crippen molar-refractivity contribution < 1.29 is 22.0 Å². The van der Waals surface area contributed by atoms with E-state index in [-0.39, 0.29) is 6.54 Å². The maximum Gasteiger partial charge on any atom is 0.431 e. The SMILES string of the molecule is C[C@@H]1CC(=C(N)C(F)(F)F)C(=NCC(N)=C2CCC2)C1(F)F. The van der Waals surface area contributed by atoms with Gasteiger partial charge in [0.05, 0.1) is 6.54 Å². The van der Waals surface area contributed by atoms with Crippen LogP contribution in [0.2, 0.25) is 0 Å². The lowest BCUT2D eigenvalue weighted by atomic mass is 9.90. The Morgan fingerprint density at radius 3 is 2.32 bits per heavy atom. The molecule has 2 aliphatic rings. The van der Waals surface area contributed by atoms with Gasteiger partial charge >= 0.3 is 6.18 Å². The normalized spacial score (nSPS) is 28.7. The minimum absolute atomic E-state index is 0.221. The molecule has 0 unspecified atom stereocenters. The predicted octanol–water partition coefficient (Wildman–Crippen LogP) is 3.27. The minimum atomic E-state index is -4.85. The van der Waals surface area contributed by atoms with Crippen LogP contribution in [0.3, 0.4) is 0 Å². The molecule has 0 heterocycles. The van der Waals surface area contributed by atoms with Gasteiger partial charge in [-0.05, 0) is 31.3 Å². The topological polar surface area (TPSA) is 64.4 Å². The standard InChI is InChI=1S/C14H18F5N3/c1-7-5-9(11(21)14(17,18)19)12(13(7,15)16)22-6-10(20)8-3-2-4-8/h7H,2-6,20-21H2,1H3/t7-/m1/s1. The maximum atomic E-state index is 14.1. The number of allylic oxidation sites excluding steroid dienone is 3. The Labute approximate surface area is 124 Å². The number of nitrogens with zero attached hydrogens (tertiary/aromatic N) is 1. The number of halogens is 5. The van der Waals surface area contributed by atoms with Crippen molar-refractivity contribution in [1.82, 2.24) is 0 Å². The molecule has 2 fully saturated rings. The second-order valence-electron chi connectivity index (χ2n) is 5.77. The maximum absolute atomic E-state index is 14.1. The highest BCUT2D eigenvalue weighted by Crippen LogP contribution is 2.44. The third kappa shape index (κ3) is 2.96. The second kappa shape index (κ2) is 5.55. The zero-order valence-electron chi connectivity index (χ0n) is 12.1. The Hall–Kier alpha value is -1.60. The van der Waals surface area contributed by atoms with Gasteiger partial charge < -0.3 is 11.5 Å². The molecule has 2 saturated carbocycles. The van der Waals surface area contributed by atoms with Crippen LogP contribution in [0.5, 0.6) is 0 Å². The quantitative estimate of drug-likeness (QED) is 0.766. The van der Waals surface area contributed by atoms with Gasteiger partial charge in [-0.2, -0.15) is 22.0 Å². The van der Waals surface area contributed by atoms with E-state index in [4.69, 9.17) is 11.5 Å². The van der Waals surface area contributed by atoms with Crippen LogP contribution in [-0.4, -0.2) is 24.4 Å². The lowest BCUT2D eigenvalue weighted by molar-refractivity contribution is -0.0932. The van der Waals surface area contributed by atoms with E-state index in [1.54, 1.807) is 0 Å². The van der Waals surface area contributed by atoms with Gasteiger partial charge in [0.2, 0.25) is 0 Å². The molecule has 0 aliphatic heterocycles. The second-order valence-corrected chi connectivity index (χ2v) is 5.77. The zero-order chi connectivity index (χ0) is 16.7. The van der Waals surface area contributed by atoms with Crippen LogP contribution >= 0.6 is 0 Å². The molecule has 0 bridgehead atoms. The summed E-state index contributed by atoms with van der Waals surface area (Å²) in [6, 6.07) is 0. The van der Waals surface area contributed by atoms with Crippen molar-refractivity contribution in [3.05, 3.63) is 22.5 Å². The van der Waals surface area contributed by atoms with E-state index in [0.717, 1.165) is 24.8 Å². The van der Waals surface area contributed by atoms with Crippen molar-refractivity contribution in [3.8, 4) is 0 Å². The third-order valence-corrected chi connectivity index (χ3v) is 4.18. The van der Waals surface area contributed by atoms with Crippen LogP contribution in [0.1, 0.15) is 32.6 Å². The van der Waals surface area contributed by atoms with Crippen LogP contribution in [0, 0.1) is 5.92 Å². The molecule has 0 saturated heterocycles. The molecule has 2 rings (SSSR count). The number of aliphatic imine (C=N–C) groups is 1. The number of alkyl halides is 5. The van der Waals surface area contributed by atoms with Crippen molar-refractivity contribution in [1.29, 1.82) is 0 Å². The van der Waals surface area contributed by atoms with Crippen molar-refractivity contribution in [2.24, 2.45) is 22.4 Å². The monoisotopic (exact) mass is 323 g/mol. The molecule has 0 amide bonds. The molecule has 0 spiro atoms. The first kappa shape index (κ1) is 16.8. The number of hydrogen-bond acceptors (Lipinski definition) is 3. The molecule has 124 valence electrons. The fourth-order valence-corrected chi connectivity index (χ4v) is 2.53. The summed E-state index contributed by atoms with van der Waals surface area (Å²) < 4.78 is 66.4. The third-order valence-electron chi connectivity index (χ3n) is 4.18. The van der Waals surface area contributed by atoms with Crippen molar-refractivity contribution in [2.75, 3.05) is 6.54 Å². The Morgan fingerprint density at radius 2 is 1.86 bits per heavy atom. The summed E-state index contributed by atoms with van der Waals surface area (Å²) in [6.45, 7) is 0.960. The zero-order valence-corrected chi connectivity index (χ0v) is 12.1. The van der Waals surface area contributed by atoms with E-state index in [0.29, 0.717) is 5.70 Å². The fourth-order valence-electron chi connectivity index (χ4n) is 2.53. The van der Waals surface area contributed by atoms with Crippen LogP contribution in [0.4, 0.5) is 22.0 Å². The molecule has 22 heavy (non-hydrogen) atoms. The van der Waals surface area contributed by atoms with E-state index in [1.807, 2.05) is 0 Å². The van der Waals surface area contributed by atoms with Crippen molar-refractivity contribution in [3.63, 3.8) is 0 Å². The molecular formula is C14H18F5N3. The van der Waals surface area contributed by atoms with Gasteiger partial charge in [-0.25, -0.2) is 0 Å². The van der Waals surface area contributed by atoms with Crippen LogP contribution in [0.25, 0.3) is 0 Å². The molecule has 1 atom stereocenters. The Balaban J connectivity index is 2.38. The van der Waals surface area contributed by atoms with Crippen molar-refractivity contribution >= 4 is 5.71 Å². The number of hydrogen-bond donors (Lipinski definition) is 2. The summed E-state index contributed by atoms with van der Waals surface area (Å²) in [7, 11) is 0. The lowest BCUT2D eigenvalue weighted by Crippen LogP contribution is -2.31. The average molecular weight is 323 g/mol. The van der Waals surface area contributed by atoms with Crippen LogP contribution in [-0.2, 0) is 0 Å². The Kier molecular flexibility index (Phi) is 4.23. The first-order chi connectivity index (χ1) is 10.0. The highest BCUT2D eigenvalue weighted by atomic mass is 19.4. The fraction of sp³-hybridized carbons (Fsp3) is 0.643. The highest BCUT2D eigenvalue weighted by Gasteiger charge is 2.53. The molecule has 0 aromatic carbocycles. The van der Waals surface area contributed by atoms with Gasteiger partial charge in [0, 0.05) is 17.2 Å². The summed E-state index contributed by atoms with van der Waals surface area (Å²) >= 11 is 0. The van der Waals surface area contributed by atoms with Gasteiger partial charge in [-0.3, -0.25) is 4.99 Å². The molecule has 0 aromatic rings. The van der Waals surface area contributed by atoms with Crippen LogP contribution in [0.15, 0.2) is 27.5 Å². The molecular weight excluding hydrogens is 305 g/mol. The number of nitrogens with two attached hydrogens (primary N) is 2. The summed E-state index contributed by atoms with van der Waals surface area (Å²) in [5.41, 5.74) is 9.09. The van der Waals surface area contributed by atoms with E-state index >= 15 is 0 Å². The molecule has 3 nitrogen and oxygen atoms in total. The first-order valence-corrected chi connectivity index (χ1v) is 7.00. The minimum Gasteiger partial charge on any atom is -0.401 e. The largest absolute Gasteiger partial charge is 0.431 e. The average Bonchev–Trinajstić information content (AvgIpc) is 2.54. The lowest BCUT2D eigenvalue weighted by Gasteiger charge is -2.20. The van der Waals surface area contributed by atoms with Crippen molar-refractivity contribution in [2.45, 2.75) is 44.7 Å². The Bertz CT molecular complexity index is 551. The predicted molar refractivity (Wildman–Crippen MR) is 73.4 cm³/mol. The molecule has 4 N–H and O–H groups in total. The highest BCUT2D eigenvalue weighted by molar-refractivity contribution is 6.08. The van der Waals surface area contributed by atoms with E-state index < -0.39 is 41.4 Å². The summed E-state index contributed by atoms with van der Waals surface area (Å²) in [4.78, 5) is 3.69. The molecule has 2 aliphatic carbocycles. The Morgan fingerprint density at radius 1 is 1.27 bits per heavy atom.